The number of rotatable bonds is 5. The lowest BCUT2D eigenvalue weighted by Gasteiger charge is -2.04. The number of thiazole rings is 1. The molecule has 16 heavy (non-hydrogen) atoms. The molecule has 1 amide bonds. The second-order valence-electron chi connectivity index (χ2n) is 3.87. The highest BCUT2D eigenvalue weighted by molar-refractivity contribution is 7.18. The van der Waals surface area contributed by atoms with E-state index in [2.05, 4.69) is 29.5 Å². The van der Waals surface area contributed by atoms with E-state index in [0.717, 1.165) is 6.54 Å². The molecule has 90 valence electrons. The van der Waals surface area contributed by atoms with Crippen molar-refractivity contribution >= 4 is 28.2 Å². The average Bonchev–Trinajstić information content (AvgIpc) is 2.57. The van der Waals surface area contributed by atoms with Crippen molar-refractivity contribution in [3.8, 4) is 0 Å². The van der Waals surface area contributed by atoms with Crippen LogP contribution in [0.4, 0.5) is 10.9 Å². The molecular formula is C10H18N4OS. The smallest absolute Gasteiger partial charge is 0.265 e. The molecule has 0 unspecified atom stereocenters. The second-order valence-corrected chi connectivity index (χ2v) is 4.87. The molecule has 1 rings (SSSR count). The lowest BCUT2D eigenvalue weighted by molar-refractivity contribution is 0.0960. The summed E-state index contributed by atoms with van der Waals surface area (Å²) in [7, 11) is 0. The Morgan fingerprint density at radius 2 is 2.25 bits per heavy atom. The van der Waals surface area contributed by atoms with E-state index >= 15 is 0 Å². The van der Waals surface area contributed by atoms with E-state index in [4.69, 9.17) is 5.73 Å². The third-order valence-corrected chi connectivity index (χ3v) is 2.89. The molecule has 0 aromatic carbocycles. The maximum Gasteiger partial charge on any atom is 0.265 e. The number of nitrogens with two attached hydrogens (primary N) is 1. The van der Waals surface area contributed by atoms with Gasteiger partial charge >= 0.3 is 0 Å². The van der Waals surface area contributed by atoms with Crippen molar-refractivity contribution in [2.75, 3.05) is 24.1 Å². The summed E-state index contributed by atoms with van der Waals surface area (Å²) in [6, 6.07) is 0. The molecule has 5 nitrogen and oxygen atoms in total. The number of anilines is 2. The number of amides is 1. The topological polar surface area (TPSA) is 80.0 Å². The molecular weight excluding hydrogens is 224 g/mol. The first-order chi connectivity index (χ1) is 7.54. The standard InChI is InChI=1S/C10H18N4OS/c1-4-12-9(15)7-8(11)14-10(16-7)13-5-6(2)3/h6H,4-5,11H2,1-3H3,(H,12,15)(H,13,14). The van der Waals surface area contributed by atoms with Gasteiger partial charge in [0.15, 0.2) is 5.13 Å². The number of hydrogen-bond acceptors (Lipinski definition) is 5. The quantitative estimate of drug-likeness (QED) is 0.731. The van der Waals surface area contributed by atoms with Gasteiger partial charge in [0.25, 0.3) is 5.91 Å². The monoisotopic (exact) mass is 242 g/mol. The Labute approximate surface area is 99.4 Å². The average molecular weight is 242 g/mol. The summed E-state index contributed by atoms with van der Waals surface area (Å²) in [6.45, 7) is 7.49. The van der Waals surface area contributed by atoms with Crippen LogP contribution in [-0.4, -0.2) is 24.0 Å². The summed E-state index contributed by atoms with van der Waals surface area (Å²) >= 11 is 1.29. The summed E-state index contributed by atoms with van der Waals surface area (Å²) in [5, 5.41) is 6.56. The molecule has 0 aliphatic rings. The Hall–Kier alpha value is -1.30. The molecule has 0 saturated carbocycles. The van der Waals surface area contributed by atoms with Crippen LogP contribution in [0.1, 0.15) is 30.4 Å². The normalized spacial score (nSPS) is 10.5. The van der Waals surface area contributed by atoms with Crippen molar-refractivity contribution in [2.24, 2.45) is 5.92 Å². The van der Waals surface area contributed by atoms with Crippen LogP contribution in [0.25, 0.3) is 0 Å². The van der Waals surface area contributed by atoms with E-state index in [9.17, 15) is 4.79 Å². The van der Waals surface area contributed by atoms with Gasteiger partial charge in [-0.3, -0.25) is 4.79 Å². The van der Waals surface area contributed by atoms with Gasteiger partial charge in [-0.2, -0.15) is 0 Å². The van der Waals surface area contributed by atoms with E-state index in [1.807, 2.05) is 6.92 Å². The van der Waals surface area contributed by atoms with Crippen molar-refractivity contribution in [3.63, 3.8) is 0 Å². The maximum atomic E-state index is 11.6. The van der Waals surface area contributed by atoms with Gasteiger partial charge in [-0.05, 0) is 12.8 Å². The molecule has 1 heterocycles. The maximum absolute atomic E-state index is 11.6. The second kappa shape index (κ2) is 5.69. The molecule has 6 heteroatoms. The lowest BCUT2D eigenvalue weighted by Crippen LogP contribution is -2.22. The van der Waals surface area contributed by atoms with Crippen LogP contribution < -0.4 is 16.4 Å². The van der Waals surface area contributed by atoms with Gasteiger partial charge in [-0.25, -0.2) is 4.98 Å². The predicted molar refractivity (Wildman–Crippen MR) is 67.9 cm³/mol. The summed E-state index contributed by atoms with van der Waals surface area (Å²) < 4.78 is 0. The Morgan fingerprint density at radius 3 is 2.81 bits per heavy atom. The molecule has 1 aromatic rings. The van der Waals surface area contributed by atoms with Gasteiger partial charge in [0.05, 0.1) is 0 Å². The predicted octanol–water partition coefficient (Wildman–Crippen LogP) is 1.54. The molecule has 0 spiro atoms. The Morgan fingerprint density at radius 1 is 1.56 bits per heavy atom. The van der Waals surface area contributed by atoms with Crippen LogP contribution >= 0.6 is 11.3 Å². The van der Waals surface area contributed by atoms with Gasteiger partial charge in [0, 0.05) is 13.1 Å². The number of carbonyl (C=O) groups is 1. The fourth-order valence-electron chi connectivity index (χ4n) is 1.10. The van der Waals surface area contributed by atoms with Crippen LogP contribution in [0.15, 0.2) is 0 Å². The van der Waals surface area contributed by atoms with E-state index in [1.54, 1.807) is 0 Å². The first kappa shape index (κ1) is 12.8. The molecule has 0 atom stereocenters. The van der Waals surface area contributed by atoms with Crippen molar-refractivity contribution < 1.29 is 4.79 Å². The zero-order valence-corrected chi connectivity index (χ0v) is 10.6. The van der Waals surface area contributed by atoms with Gasteiger partial charge in [0.1, 0.15) is 10.7 Å². The van der Waals surface area contributed by atoms with Crippen LogP contribution in [0.3, 0.4) is 0 Å². The van der Waals surface area contributed by atoms with Crippen molar-refractivity contribution in [1.29, 1.82) is 0 Å². The molecule has 0 aliphatic carbocycles. The Kier molecular flexibility index (Phi) is 4.54. The van der Waals surface area contributed by atoms with E-state index in [1.165, 1.54) is 11.3 Å². The fraction of sp³-hybridized carbons (Fsp3) is 0.600. The van der Waals surface area contributed by atoms with Crippen LogP contribution in [0.5, 0.6) is 0 Å². The first-order valence-electron chi connectivity index (χ1n) is 5.33. The fourth-order valence-corrected chi connectivity index (χ4v) is 1.91. The minimum absolute atomic E-state index is 0.157. The first-order valence-corrected chi connectivity index (χ1v) is 6.14. The van der Waals surface area contributed by atoms with Gasteiger partial charge in [0.2, 0.25) is 0 Å². The number of nitrogens with zero attached hydrogens (tertiary/aromatic N) is 1. The zero-order chi connectivity index (χ0) is 12.1. The highest BCUT2D eigenvalue weighted by atomic mass is 32.1. The molecule has 0 bridgehead atoms. The number of nitrogens with one attached hydrogen (secondary N) is 2. The SMILES string of the molecule is CCNC(=O)c1sc(NCC(C)C)nc1N. The van der Waals surface area contributed by atoms with Crippen molar-refractivity contribution in [1.82, 2.24) is 10.3 Å². The van der Waals surface area contributed by atoms with E-state index in [0.29, 0.717) is 28.3 Å². The third kappa shape index (κ3) is 3.37. The minimum Gasteiger partial charge on any atom is -0.382 e. The van der Waals surface area contributed by atoms with Gasteiger partial charge < -0.3 is 16.4 Å². The highest BCUT2D eigenvalue weighted by Gasteiger charge is 2.15. The molecule has 0 radical (unpaired) electrons. The van der Waals surface area contributed by atoms with E-state index < -0.39 is 0 Å². The highest BCUT2D eigenvalue weighted by Crippen LogP contribution is 2.24. The van der Waals surface area contributed by atoms with Gasteiger partial charge in [-0.15, -0.1) is 0 Å². The number of nitrogen functional groups attached to an aromatic ring is 1. The molecule has 4 N–H and O–H groups in total. The van der Waals surface area contributed by atoms with Crippen molar-refractivity contribution in [2.45, 2.75) is 20.8 Å². The van der Waals surface area contributed by atoms with Crippen LogP contribution in [-0.2, 0) is 0 Å². The molecule has 0 aliphatic heterocycles. The largest absolute Gasteiger partial charge is 0.382 e. The summed E-state index contributed by atoms with van der Waals surface area (Å²) in [5.74, 6) is 0.662. The van der Waals surface area contributed by atoms with Crippen LogP contribution in [0, 0.1) is 5.92 Å². The van der Waals surface area contributed by atoms with E-state index in [-0.39, 0.29) is 5.91 Å². The van der Waals surface area contributed by atoms with Crippen molar-refractivity contribution in [3.05, 3.63) is 4.88 Å². The Balaban J connectivity index is 2.69. The summed E-state index contributed by atoms with van der Waals surface area (Å²) in [5.41, 5.74) is 5.68. The number of hydrogen-bond donors (Lipinski definition) is 3. The zero-order valence-electron chi connectivity index (χ0n) is 9.83. The van der Waals surface area contributed by atoms with Crippen LogP contribution in [0.2, 0.25) is 0 Å². The number of aromatic nitrogens is 1. The summed E-state index contributed by atoms with van der Waals surface area (Å²) in [6.07, 6.45) is 0. The molecule has 0 saturated heterocycles. The molecule has 1 aromatic heterocycles. The minimum atomic E-state index is -0.157. The molecule has 0 fully saturated rings. The lowest BCUT2D eigenvalue weighted by atomic mass is 10.2. The summed E-state index contributed by atoms with van der Waals surface area (Å²) in [4.78, 5) is 16.2. The van der Waals surface area contributed by atoms with Gasteiger partial charge in [-0.1, -0.05) is 25.2 Å². The third-order valence-electron chi connectivity index (χ3n) is 1.86. The Bertz CT molecular complexity index is 362. The number of carbonyl (C=O) groups excluding carboxylic acids is 1.